The summed E-state index contributed by atoms with van der Waals surface area (Å²) in [6.07, 6.45) is 39.3. The van der Waals surface area contributed by atoms with Crippen LogP contribution in [-0.2, 0) is 18.9 Å². The van der Waals surface area contributed by atoms with E-state index in [1.807, 2.05) is 101 Å². The summed E-state index contributed by atoms with van der Waals surface area (Å²) in [4.78, 5) is 0. The van der Waals surface area contributed by atoms with E-state index in [0.717, 1.165) is 123 Å². The van der Waals surface area contributed by atoms with Gasteiger partial charge in [-0.2, -0.15) is 0 Å². The van der Waals surface area contributed by atoms with Gasteiger partial charge in [-0.05, 0) is 348 Å². The van der Waals surface area contributed by atoms with Gasteiger partial charge in [-0.25, -0.2) is 0 Å². The second-order valence-electron chi connectivity index (χ2n) is 41.2. The van der Waals surface area contributed by atoms with Crippen LogP contribution in [0.1, 0.15) is 448 Å². The number of hydrogen-bond acceptors (Lipinski definition) is 16. The third kappa shape index (κ3) is 48.8. The van der Waals surface area contributed by atoms with E-state index in [1.54, 1.807) is 50.6 Å². The Balaban J connectivity index is 0.000000260. The van der Waals surface area contributed by atoms with Gasteiger partial charge >= 0.3 is 0 Å². The fourth-order valence-electron chi connectivity index (χ4n) is 18.5. The topological polar surface area (TPSA) is 192 Å². The number of benzene rings is 9. The zero-order valence-electron chi connectivity index (χ0n) is 94.6. The van der Waals surface area contributed by atoms with Crippen LogP contribution in [0.3, 0.4) is 0 Å². The summed E-state index contributed by atoms with van der Waals surface area (Å²) >= 11 is 0. The monoisotopic (exact) mass is 2010 g/mol. The molecule has 812 valence electrons. The van der Waals surface area contributed by atoms with Crippen LogP contribution in [0.4, 0.5) is 0 Å². The minimum atomic E-state index is -0.304. The Morgan fingerprint density at radius 3 is 0.815 bits per heavy atom. The number of ether oxygens (including phenoxy) is 12. The molecule has 0 spiro atoms. The van der Waals surface area contributed by atoms with E-state index >= 15 is 0 Å². The molecule has 0 amide bonds. The van der Waals surface area contributed by atoms with Gasteiger partial charge in [-0.15, -0.1) is 0 Å². The lowest BCUT2D eigenvalue weighted by Crippen LogP contribution is -2.19. The zero-order chi connectivity index (χ0) is 106. The van der Waals surface area contributed by atoms with E-state index in [4.69, 9.17) is 67.1 Å². The molecule has 146 heavy (non-hydrogen) atoms. The highest BCUT2D eigenvalue weighted by molar-refractivity contribution is 5.46. The Bertz CT molecular complexity index is 4630. The Hall–Kier alpha value is -9.58. The van der Waals surface area contributed by atoms with Crippen molar-refractivity contribution >= 4 is 0 Å². The summed E-state index contributed by atoms with van der Waals surface area (Å²) in [6, 6.07) is 66.0. The summed E-state index contributed by atoms with van der Waals surface area (Å²) in [5.41, 5.74) is 11.8. The van der Waals surface area contributed by atoms with Crippen molar-refractivity contribution in [3.8, 4) is 69.0 Å². The molecular weight excluding hydrogens is 1820 g/mol. The van der Waals surface area contributed by atoms with Crippen molar-refractivity contribution in [2.24, 2.45) is 17.8 Å². The molecule has 12 unspecified atom stereocenters. The molecule has 4 saturated carbocycles. The van der Waals surface area contributed by atoms with E-state index in [1.165, 1.54) is 204 Å². The van der Waals surface area contributed by atoms with Crippen molar-refractivity contribution in [1.29, 1.82) is 0 Å². The average molecular weight is 2010 g/mol. The first-order valence-electron chi connectivity index (χ1n) is 56.8. The smallest absolute Gasteiger partial charge is 0.197 e. The van der Waals surface area contributed by atoms with Crippen molar-refractivity contribution in [2.45, 2.75) is 423 Å². The highest BCUT2D eigenvalue weighted by Gasteiger charge is 2.22. The van der Waals surface area contributed by atoms with Gasteiger partial charge in [0.1, 0.15) is 41.1 Å². The maximum absolute atomic E-state index is 9.50. The fraction of sp³-hybridized carbons (Fsp3) is 0.585. The van der Waals surface area contributed by atoms with Crippen molar-refractivity contribution < 1.29 is 77.3 Å². The van der Waals surface area contributed by atoms with Gasteiger partial charge in [-0.1, -0.05) is 317 Å². The lowest BCUT2D eigenvalue weighted by atomic mass is 9.84. The van der Waals surface area contributed by atoms with Crippen LogP contribution in [0.15, 0.2) is 200 Å². The van der Waals surface area contributed by atoms with Gasteiger partial charge in [-0.3, -0.25) is 0 Å². The number of rotatable bonds is 46. The summed E-state index contributed by atoms with van der Waals surface area (Å²) < 4.78 is 68.4. The summed E-state index contributed by atoms with van der Waals surface area (Å²) in [7, 11) is 3.26. The predicted molar refractivity (Wildman–Crippen MR) is 608 cm³/mol. The van der Waals surface area contributed by atoms with Crippen LogP contribution in [-0.4, -0.2) is 99.4 Å². The quantitative estimate of drug-likeness (QED) is 0.0208. The Labute approximate surface area is 885 Å². The van der Waals surface area contributed by atoms with Crippen LogP contribution in [0, 0.1) is 17.8 Å². The van der Waals surface area contributed by atoms with Gasteiger partial charge in [0.2, 0.25) is 0 Å². The summed E-state index contributed by atoms with van der Waals surface area (Å²) in [5, 5.41) is 36.9. The molecule has 4 N–H and O–H groups in total. The number of methoxy groups -OCH3 is 2. The summed E-state index contributed by atoms with van der Waals surface area (Å²) in [5.74, 6) is 15.2. The lowest BCUT2D eigenvalue weighted by Gasteiger charge is -2.23. The highest BCUT2D eigenvalue weighted by Crippen LogP contribution is 2.39. The van der Waals surface area contributed by atoms with E-state index < -0.39 is 0 Å². The predicted octanol–water partition coefficient (Wildman–Crippen LogP) is 36.8. The molecule has 4 aliphatic carbocycles. The van der Waals surface area contributed by atoms with Crippen LogP contribution in [0.2, 0.25) is 0 Å². The van der Waals surface area contributed by atoms with Gasteiger partial charge in [0, 0.05) is 0 Å². The second-order valence-corrected chi connectivity index (χ2v) is 41.2. The maximum atomic E-state index is 9.50. The van der Waals surface area contributed by atoms with Crippen LogP contribution in [0.5, 0.6) is 69.0 Å². The third-order valence-corrected chi connectivity index (χ3v) is 30.2. The number of phenols is 4. The van der Waals surface area contributed by atoms with Gasteiger partial charge in [0.25, 0.3) is 0 Å². The van der Waals surface area contributed by atoms with Crippen LogP contribution in [0.25, 0.3) is 0 Å². The molecule has 16 heteroatoms. The van der Waals surface area contributed by atoms with Crippen molar-refractivity contribution in [2.75, 3.05) is 53.9 Å². The van der Waals surface area contributed by atoms with E-state index in [0.29, 0.717) is 90.2 Å². The second kappa shape index (κ2) is 72.7. The molecule has 0 heterocycles. The largest absolute Gasteiger partial charge is 0.508 e. The molecule has 12 atom stereocenters. The standard InChI is InChI=1S/C26H36O3.C21H34O3.2C20H32O2.C12H18O2.C11H16O2.2C10H14O/c1-4-20(2)22-10-16-26(17-11-22)29-21(3)27-18-19-28-25-14-12-24(13-15-25)23-8-6-5-7-9-23;1-5-16(2)19-11-12-20(21(15-19)22-4)24-17(3)23-14-13-18-9-7-6-8-10-18;2*1-4-16(2)19-10-12-20(13-11-19)22-17(3)21-15-14-18-8-6-5-7-9-18;1-4-9(3)10-6-7-11(13)12(8-10)14-5-2;1-4-8(2)9-5-6-10(12)11(7-9)13-3;2*1-3-8(2)9-4-6-10(11)7-5-9/h10-17,20-21,23H,4-9,18-19H2,1-3H3;11-12,15-18H,5-10,13-14H2,1-4H3;2*10-13,16-18H,4-9,14-15H2,1-3H3;6-9,13H,4-5H2,1-3H3;5-8,12H,4H2,1-3H3;2*4-8,11H,3H2,1-2H3. The number of phenolic OH excluding ortho intramolecular Hbond substituents is 4. The molecule has 4 aliphatic rings. The van der Waals surface area contributed by atoms with Crippen molar-refractivity contribution in [1.82, 2.24) is 0 Å². The third-order valence-electron chi connectivity index (χ3n) is 30.2. The minimum Gasteiger partial charge on any atom is -0.508 e. The minimum absolute atomic E-state index is 0.168. The maximum Gasteiger partial charge on any atom is 0.197 e. The van der Waals surface area contributed by atoms with E-state index in [-0.39, 0.29) is 36.7 Å². The van der Waals surface area contributed by atoms with E-state index in [2.05, 4.69) is 208 Å². The molecular formula is C130H196O16. The molecule has 0 aromatic heterocycles. The molecule has 0 aliphatic heterocycles. The molecule has 4 fully saturated rings. The molecule has 0 radical (unpaired) electrons. The molecule has 16 nitrogen and oxygen atoms in total. The molecule has 0 saturated heterocycles. The normalized spacial score (nSPS) is 16.3. The van der Waals surface area contributed by atoms with E-state index in [9.17, 15) is 10.2 Å². The average Bonchev–Trinajstić information content (AvgIpc) is 0.776. The molecule has 9 aromatic rings. The Morgan fingerprint density at radius 1 is 0.240 bits per heavy atom. The van der Waals surface area contributed by atoms with Crippen molar-refractivity contribution in [3.05, 3.63) is 250 Å². The number of hydrogen-bond donors (Lipinski definition) is 4. The highest BCUT2D eigenvalue weighted by atomic mass is 16.7. The first kappa shape index (κ1) is 125. The molecule has 0 bridgehead atoms. The number of aromatic hydroxyl groups is 4. The van der Waals surface area contributed by atoms with Crippen LogP contribution >= 0.6 is 0 Å². The fourth-order valence-corrected chi connectivity index (χ4v) is 18.5. The first-order valence-corrected chi connectivity index (χ1v) is 56.8. The van der Waals surface area contributed by atoms with Gasteiger partial charge in [0.15, 0.2) is 59.7 Å². The first-order chi connectivity index (χ1) is 70.5. The van der Waals surface area contributed by atoms with Crippen molar-refractivity contribution in [3.63, 3.8) is 0 Å². The zero-order valence-corrected chi connectivity index (χ0v) is 94.6. The van der Waals surface area contributed by atoms with Gasteiger partial charge in [0.05, 0.1) is 47.3 Å². The molecule has 13 rings (SSSR count). The lowest BCUT2D eigenvalue weighted by molar-refractivity contribution is -0.0739. The van der Waals surface area contributed by atoms with Crippen LogP contribution < -0.4 is 37.9 Å². The molecule has 9 aromatic carbocycles. The Morgan fingerprint density at radius 2 is 0.500 bits per heavy atom. The SMILES string of the molecule is CCC(C)c1ccc(O)c(OC)c1.CCC(C)c1ccc(O)cc1.CCC(C)c1ccc(O)cc1.CCC(C)c1ccc(OC(C)OCCC2CCCCC2)c(OC)c1.CCC(C)c1ccc(OC(C)OCCC2CCCCC2)cc1.CCC(C)c1ccc(OC(C)OCCC2CCCCC2)cc1.CCC(C)c1ccc(OC(C)OCCOc2ccc(C3CCCCC3)cc2)cc1.CCOc1cc(C(C)CC)ccc1O. The summed E-state index contributed by atoms with van der Waals surface area (Å²) in [6.45, 7) is 48.9. The Kier molecular flexibility index (Phi) is 62.3. The van der Waals surface area contributed by atoms with Gasteiger partial charge < -0.3 is 77.3 Å².